The van der Waals surface area contributed by atoms with Gasteiger partial charge in [0.1, 0.15) is 5.82 Å². The zero-order valence-corrected chi connectivity index (χ0v) is 16.4. The van der Waals surface area contributed by atoms with Crippen LogP contribution >= 0.6 is 12.2 Å². The first kappa shape index (κ1) is 17.8. The van der Waals surface area contributed by atoms with Crippen molar-refractivity contribution in [3.63, 3.8) is 0 Å². The zero-order valence-electron chi connectivity index (χ0n) is 15.6. The lowest BCUT2D eigenvalue weighted by molar-refractivity contribution is 0.194. The SMILES string of the molecule is Cc1ccc(-c2nn(CN3CCN(c4cnccn4)CC3)c(=S)n2C)cc1. The third-order valence-corrected chi connectivity index (χ3v) is 5.42. The van der Waals surface area contributed by atoms with Crippen LogP contribution in [-0.2, 0) is 13.7 Å². The van der Waals surface area contributed by atoms with Gasteiger partial charge in [-0.05, 0) is 19.1 Å². The molecule has 140 valence electrons. The van der Waals surface area contributed by atoms with Crippen molar-refractivity contribution in [1.82, 2.24) is 29.2 Å². The third-order valence-electron chi connectivity index (χ3n) is 4.93. The van der Waals surface area contributed by atoms with Crippen LogP contribution < -0.4 is 4.90 Å². The van der Waals surface area contributed by atoms with Crippen LogP contribution in [0, 0.1) is 11.7 Å². The Kier molecular flexibility index (Phi) is 5.00. The fourth-order valence-corrected chi connectivity index (χ4v) is 3.48. The molecule has 4 rings (SSSR count). The minimum absolute atomic E-state index is 0.701. The molecular weight excluding hydrogens is 358 g/mol. The largest absolute Gasteiger partial charge is 0.353 e. The molecule has 0 unspecified atom stereocenters. The molecule has 1 aromatic carbocycles. The van der Waals surface area contributed by atoms with Crippen LogP contribution in [0.4, 0.5) is 5.82 Å². The van der Waals surface area contributed by atoms with Gasteiger partial charge in [0, 0.05) is 51.2 Å². The maximum absolute atomic E-state index is 5.62. The minimum atomic E-state index is 0.701. The van der Waals surface area contributed by atoms with Gasteiger partial charge in [-0.25, -0.2) is 9.67 Å². The Morgan fingerprint density at radius 3 is 2.44 bits per heavy atom. The van der Waals surface area contributed by atoms with Crippen LogP contribution in [0.2, 0.25) is 0 Å². The Morgan fingerprint density at radius 2 is 1.78 bits per heavy atom. The van der Waals surface area contributed by atoms with Gasteiger partial charge in [0.05, 0.1) is 12.9 Å². The average Bonchev–Trinajstić information content (AvgIpc) is 2.98. The zero-order chi connectivity index (χ0) is 18.8. The summed E-state index contributed by atoms with van der Waals surface area (Å²) in [6, 6.07) is 8.39. The lowest BCUT2D eigenvalue weighted by Gasteiger charge is -2.34. The monoisotopic (exact) mass is 381 g/mol. The van der Waals surface area contributed by atoms with Gasteiger partial charge >= 0.3 is 0 Å². The Bertz CT molecular complexity index is 954. The first-order valence-electron chi connectivity index (χ1n) is 9.06. The summed E-state index contributed by atoms with van der Waals surface area (Å²) in [5, 5.41) is 4.78. The van der Waals surface area contributed by atoms with Crippen molar-refractivity contribution in [3.8, 4) is 11.4 Å². The molecule has 1 aliphatic rings. The lowest BCUT2D eigenvalue weighted by atomic mass is 10.1. The highest BCUT2D eigenvalue weighted by molar-refractivity contribution is 7.71. The summed E-state index contributed by atoms with van der Waals surface area (Å²) in [6.07, 6.45) is 5.26. The maximum Gasteiger partial charge on any atom is 0.199 e. The number of piperazine rings is 1. The molecule has 1 aliphatic heterocycles. The molecule has 0 aliphatic carbocycles. The van der Waals surface area contributed by atoms with Crippen molar-refractivity contribution in [2.45, 2.75) is 13.6 Å². The molecule has 1 fully saturated rings. The van der Waals surface area contributed by atoms with E-state index in [0.29, 0.717) is 6.67 Å². The fourth-order valence-electron chi connectivity index (χ4n) is 3.30. The molecule has 2 aromatic heterocycles. The molecule has 0 saturated carbocycles. The second-order valence-corrected chi connectivity index (χ2v) is 7.21. The Hall–Kier alpha value is -2.58. The van der Waals surface area contributed by atoms with Gasteiger partial charge in [-0.2, -0.15) is 5.10 Å². The van der Waals surface area contributed by atoms with Gasteiger partial charge in [-0.15, -0.1) is 0 Å². The van der Waals surface area contributed by atoms with E-state index in [2.05, 4.69) is 51.0 Å². The number of aromatic nitrogens is 5. The summed E-state index contributed by atoms with van der Waals surface area (Å²) >= 11 is 5.62. The number of benzene rings is 1. The predicted octanol–water partition coefficient (Wildman–Crippen LogP) is 2.50. The molecule has 0 bridgehead atoms. The summed E-state index contributed by atoms with van der Waals surface area (Å²) in [7, 11) is 1.98. The van der Waals surface area contributed by atoms with Crippen LogP contribution in [0.15, 0.2) is 42.9 Å². The summed E-state index contributed by atoms with van der Waals surface area (Å²) in [6.45, 7) is 6.51. The number of anilines is 1. The highest BCUT2D eigenvalue weighted by atomic mass is 32.1. The van der Waals surface area contributed by atoms with Crippen molar-refractivity contribution in [2.24, 2.45) is 7.05 Å². The van der Waals surface area contributed by atoms with Gasteiger partial charge < -0.3 is 9.47 Å². The number of hydrogen-bond donors (Lipinski definition) is 0. The fraction of sp³-hybridized carbons (Fsp3) is 0.368. The average molecular weight is 382 g/mol. The van der Waals surface area contributed by atoms with E-state index in [-0.39, 0.29) is 0 Å². The quantitative estimate of drug-likeness (QED) is 0.647. The van der Waals surface area contributed by atoms with Crippen molar-refractivity contribution >= 4 is 18.0 Å². The number of rotatable bonds is 4. The lowest BCUT2D eigenvalue weighted by Crippen LogP contribution is -2.47. The van der Waals surface area contributed by atoms with E-state index in [1.165, 1.54) is 5.56 Å². The van der Waals surface area contributed by atoms with Gasteiger partial charge in [0.15, 0.2) is 10.6 Å². The van der Waals surface area contributed by atoms with Crippen molar-refractivity contribution in [2.75, 3.05) is 31.1 Å². The smallest absolute Gasteiger partial charge is 0.199 e. The molecule has 3 aromatic rings. The molecule has 8 heteroatoms. The molecular formula is C19H23N7S. The topological polar surface area (TPSA) is 55.0 Å². The minimum Gasteiger partial charge on any atom is -0.353 e. The number of nitrogens with zero attached hydrogens (tertiary/aromatic N) is 7. The van der Waals surface area contributed by atoms with E-state index in [4.69, 9.17) is 17.3 Å². The molecule has 0 atom stereocenters. The first-order chi connectivity index (χ1) is 13.1. The third kappa shape index (κ3) is 3.77. The van der Waals surface area contributed by atoms with E-state index in [1.54, 1.807) is 12.4 Å². The number of aryl methyl sites for hydroxylation is 1. The summed E-state index contributed by atoms with van der Waals surface area (Å²) in [5.74, 6) is 1.84. The summed E-state index contributed by atoms with van der Waals surface area (Å²) < 4.78 is 4.64. The van der Waals surface area contributed by atoms with Crippen LogP contribution in [0.3, 0.4) is 0 Å². The van der Waals surface area contributed by atoms with Crippen LogP contribution in [-0.4, -0.2) is 55.4 Å². The molecule has 1 saturated heterocycles. The molecule has 0 spiro atoms. The van der Waals surface area contributed by atoms with Gasteiger partial charge in [-0.1, -0.05) is 29.8 Å². The highest BCUT2D eigenvalue weighted by Gasteiger charge is 2.19. The van der Waals surface area contributed by atoms with Crippen molar-refractivity contribution < 1.29 is 0 Å². The Labute approximate surface area is 163 Å². The Morgan fingerprint density at radius 1 is 1.04 bits per heavy atom. The molecule has 0 amide bonds. The second kappa shape index (κ2) is 7.58. The maximum atomic E-state index is 5.62. The first-order valence-corrected chi connectivity index (χ1v) is 9.47. The molecule has 7 nitrogen and oxygen atoms in total. The summed E-state index contributed by atoms with van der Waals surface area (Å²) in [4.78, 5) is 13.2. The van der Waals surface area contributed by atoms with Crippen LogP contribution in [0.25, 0.3) is 11.4 Å². The molecule has 0 radical (unpaired) electrons. The predicted molar refractivity (Wildman–Crippen MR) is 108 cm³/mol. The van der Waals surface area contributed by atoms with E-state index in [9.17, 15) is 0 Å². The molecule has 3 heterocycles. The Balaban J connectivity index is 1.45. The van der Waals surface area contributed by atoms with Crippen LogP contribution in [0.1, 0.15) is 5.56 Å². The normalized spacial score (nSPS) is 15.3. The molecule has 27 heavy (non-hydrogen) atoms. The van der Waals surface area contributed by atoms with Gasteiger partial charge in [-0.3, -0.25) is 9.88 Å². The van der Waals surface area contributed by atoms with Gasteiger partial charge in [0.25, 0.3) is 0 Å². The van der Waals surface area contributed by atoms with Crippen molar-refractivity contribution in [1.29, 1.82) is 0 Å². The number of hydrogen-bond acceptors (Lipinski definition) is 6. The van der Waals surface area contributed by atoms with E-state index in [1.807, 2.05) is 22.5 Å². The summed E-state index contributed by atoms with van der Waals surface area (Å²) in [5.41, 5.74) is 2.32. The van der Waals surface area contributed by atoms with E-state index < -0.39 is 0 Å². The molecule has 0 N–H and O–H groups in total. The van der Waals surface area contributed by atoms with Crippen LogP contribution in [0.5, 0.6) is 0 Å². The van der Waals surface area contributed by atoms with E-state index >= 15 is 0 Å². The van der Waals surface area contributed by atoms with Gasteiger partial charge in [0.2, 0.25) is 0 Å². The van der Waals surface area contributed by atoms with E-state index in [0.717, 1.165) is 48.2 Å². The standard InChI is InChI=1S/C19H23N7S/c1-15-3-5-16(6-4-15)18-22-26(19(27)23(18)2)14-24-9-11-25(12-10-24)17-13-20-7-8-21-17/h3-8,13H,9-12,14H2,1-2H3. The highest BCUT2D eigenvalue weighted by Crippen LogP contribution is 2.18. The second-order valence-electron chi connectivity index (χ2n) is 6.84. The van der Waals surface area contributed by atoms with Crippen molar-refractivity contribution in [3.05, 3.63) is 53.2 Å².